The molecule has 0 bridgehead atoms. The van der Waals surface area contributed by atoms with Gasteiger partial charge in [0.05, 0.1) is 0 Å². The fraction of sp³-hybridized carbons (Fsp3) is 0.583. The number of nitrogens with zero attached hydrogens (tertiary/aromatic N) is 3. The predicted molar refractivity (Wildman–Crippen MR) is 68.8 cm³/mol. The van der Waals surface area contributed by atoms with E-state index in [2.05, 4.69) is 29.5 Å². The highest BCUT2D eigenvalue weighted by molar-refractivity contribution is 5.92. The van der Waals surface area contributed by atoms with Gasteiger partial charge in [0.15, 0.2) is 11.5 Å². The molecule has 1 aliphatic heterocycles. The highest BCUT2D eigenvalue weighted by Crippen LogP contribution is 2.24. The number of carbonyl (C=O) groups is 1. The summed E-state index contributed by atoms with van der Waals surface area (Å²) >= 11 is 0. The average Bonchev–Trinajstić information content (AvgIpc) is 2.38. The van der Waals surface area contributed by atoms with Gasteiger partial charge in [-0.05, 0) is 45.2 Å². The molecule has 0 aliphatic carbocycles. The lowest BCUT2D eigenvalue weighted by molar-refractivity contribution is 0.0503. The van der Waals surface area contributed by atoms with E-state index in [1.54, 1.807) is 12.1 Å². The molecule has 2 heterocycles. The molecule has 1 saturated heterocycles. The summed E-state index contributed by atoms with van der Waals surface area (Å²) in [6.45, 7) is 4.16. The minimum atomic E-state index is -0.0502. The molecule has 0 aromatic carbocycles. The van der Waals surface area contributed by atoms with Gasteiger partial charge in [0.1, 0.15) is 0 Å². The summed E-state index contributed by atoms with van der Waals surface area (Å²) in [5.41, 5.74) is 2.76. The Morgan fingerprint density at radius 2 is 2.00 bits per heavy atom. The van der Waals surface area contributed by atoms with E-state index in [-0.39, 0.29) is 18.0 Å². The van der Waals surface area contributed by atoms with Gasteiger partial charge in [-0.1, -0.05) is 0 Å². The quantitative estimate of drug-likeness (QED) is 0.607. The predicted octanol–water partition coefficient (Wildman–Crippen LogP) is 1.17. The summed E-state index contributed by atoms with van der Waals surface area (Å²) < 4.78 is 0. The zero-order valence-electron chi connectivity index (χ0n) is 10.8. The van der Waals surface area contributed by atoms with Crippen LogP contribution in [0.1, 0.15) is 43.6 Å². The number of hydrazine groups is 1. The minimum Gasteiger partial charge on any atom is -0.332 e. The molecule has 2 atom stereocenters. The lowest BCUT2D eigenvalue weighted by Crippen LogP contribution is -2.47. The highest BCUT2D eigenvalue weighted by atomic mass is 16.2. The van der Waals surface area contributed by atoms with Gasteiger partial charge in [-0.15, -0.1) is 10.2 Å². The Kier molecular flexibility index (Phi) is 3.76. The van der Waals surface area contributed by atoms with E-state index in [0.29, 0.717) is 11.5 Å². The number of amides is 1. The van der Waals surface area contributed by atoms with Crippen LogP contribution in [0.15, 0.2) is 12.1 Å². The van der Waals surface area contributed by atoms with Crippen molar-refractivity contribution in [1.82, 2.24) is 15.1 Å². The van der Waals surface area contributed by atoms with Gasteiger partial charge >= 0.3 is 0 Å². The van der Waals surface area contributed by atoms with Crippen molar-refractivity contribution in [3.63, 3.8) is 0 Å². The third-order valence-electron chi connectivity index (χ3n) is 3.46. The first-order valence-corrected chi connectivity index (χ1v) is 6.26. The van der Waals surface area contributed by atoms with Gasteiger partial charge in [0.2, 0.25) is 0 Å². The monoisotopic (exact) mass is 249 g/mol. The van der Waals surface area contributed by atoms with Crippen molar-refractivity contribution in [2.75, 3.05) is 5.43 Å². The highest BCUT2D eigenvalue weighted by Gasteiger charge is 2.30. The number of piperidine rings is 1. The SMILES string of the molecule is CC1CCCC(C)N1C(=O)c1ccc(NN)nn1. The molecule has 98 valence electrons. The smallest absolute Gasteiger partial charge is 0.274 e. The third-order valence-corrected chi connectivity index (χ3v) is 3.46. The van der Waals surface area contributed by atoms with Crippen molar-refractivity contribution in [2.24, 2.45) is 5.84 Å². The molecule has 0 saturated carbocycles. The van der Waals surface area contributed by atoms with Crippen LogP contribution in [0.4, 0.5) is 5.82 Å². The summed E-state index contributed by atoms with van der Waals surface area (Å²) in [6, 6.07) is 3.82. The first kappa shape index (κ1) is 12.8. The molecule has 0 spiro atoms. The fourth-order valence-electron chi connectivity index (χ4n) is 2.48. The van der Waals surface area contributed by atoms with Crippen molar-refractivity contribution in [2.45, 2.75) is 45.2 Å². The topological polar surface area (TPSA) is 84.1 Å². The summed E-state index contributed by atoms with van der Waals surface area (Å²) in [5.74, 6) is 5.62. The van der Waals surface area contributed by atoms with E-state index in [1.165, 1.54) is 6.42 Å². The Balaban J connectivity index is 2.18. The van der Waals surface area contributed by atoms with Gasteiger partial charge in [0, 0.05) is 12.1 Å². The van der Waals surface area contributed by atoms with Crippen LogP contribution in [0, 0.1) is 0 Å². The second kappa shape index (κ2) is 5.30. The van der Waals surface area contributed by atoms with E-state index < -0.39 is 0 Å². The van der Waals surface area contributed by atoms with Crippen LogP contribution in [0.25, 0.3) is 0 Å². The molecule has 18 heavy (non-hydrogen) atoms. The Hall–Kier alpha value is -1.69. The number of likely N-dealkylation sites (tertiary alicyclic amines) is 1. The number of anilines is 1. The number of hydrogen-bond acceptors (Lipinski definition) is 5. The van der Waals surface area contributed by atoms with Gasteiger partial charge in [-0.3, -0.25) is 4.79 Å². The van der Waals surface area contributed by atoms with E-state index in [1.807, 2.05) is 4.90 Å². The van der Waals surface area contributed by atoms with Crippen LogP contribution in [0.3, 0.4) is 0 Å². The third kappa shape index (κ3) is 2.43. The zero-order valence-corrected chi connectivity index (χ0v) is 10.8. The maximum Gasteiger partial charge on any atom is 0.274 e. The molecular formula is C12H19N5O. The minimum absolute atomic E-state index is 0.0502. The standard InChI is InChI=1S/C12H19N5O/c1-8-4-3-5-9(2)17(8)12(18)10-6-7-11(14-13)16-15-10/h6-9H,3-5,13H2,1-2H3,(H,14,16). The van der Waals surface area contributed by atoms with Crippen LogP contribution in [0.2, 0.25) is 0 Å². The molecule has 1 aliphatic rings. The second-order valence-corrected chi connectivity index (χ2v) is 4.79. The van der Waals surface area contributed by atoms with Crippen molar-refractivity contribution in [3.8, 4) is 0 Å². The Morgan fingerprint density at radius 1 is 1.33 bits per heavy atom. The number of nitrogens with two attached hydrogens (primary N) is 1. The summed E-state index contributed by atoms with van der Waals surface area (Å²) in [7, 11) is 0. The number of aromatic nitrogens is 2. The lowest BCUT2D eigenvalue weighted by atomic mass is 9.97. The molecule has 0 radical (unpaired) electrons. The molecule has 1 aromatic rings. The second-order valence-electron chi connectivity index (χ2n) is 4.79. The number of rotatable bonds is 2. The maximum atomic E-state index is 12.4. The summed E-state index contributed by atoms with van der Waals surface area (Å²) in [4.78, 5) is 14.3. The number of nitrogens with one attached hydrogen (secondary N) is 1. The maximum absolute atomic E-state index is 12.4. The Bertz CT molecular complexity index is 409. The molecule has 2 rings (SSSR count). The van der Waals surface area contributed by atoms with Crippen molar-refractivity contribution in [3.05, 3.63) is 17.8 Å². The van der Waals surface area contributed by atoms with Crippen molar-refractivity contribution < 1.29 is 4.79 Å². The lowest BCUT2D eigenvalue weighted by Gasteiger charge is -2.38. The van der Waals surface area contributed by atoms with Gasteiger partial charge in [0.25, 0.3) is 5.91 Å². The first-order chi connectivity index (χ1) is 8.63. The van der Waals surface area contributed by atoms with Gasteiger partial charge in [-0.2, -0.15) is 0 Å². The fourth-order valence-corrected chi connectivity index (χ4v) is 2.48. The molecular weight excluding hydrogens is 230 g/mol. The molecule has 1 fully saturated rings. The molecule has 1 amide bonds. The molecule has 2 unspecified atom stereocenters. The van der Waals surface area contributed by atoms with E-state index in [4.69, 9.17) is 5.84 Å². The first-order valence-electron chi connectivity index (χ1n) is 6.26. The van der Waals surface area contributed by atoms with Crippen LogP contribution in [0.5, 0.6) is 0 Å². The summed E-state index contributed by atoms with van der Waals surface area (Å²) in [6.07, 6.45) is 3.27. The van der Waals surface area contributed by atoms with Gasteiger partial charge < -0.3 is 10.3 Å². The molecule has 1 aromatic heterocycles. The van der Waals surface area contributed by atoms with E-state index in [9.17, 15) is 4.79 Å². The average molecular weight is 249 g/mol. The largest absolute Gasteiger partial charge is 0.332 e. The van der Waals surface area contributed by atoms with E-state index in [0.717, 1.165) is 12.8 Å². The molecule has 3 N–H and O–H groups in total. The van der Waals surface area contributed by atoms with Crippen LogP contribution in [-0.2, 0) is 0 Å². The van der Waals surface area contributed by atoms with Crippen molar-refractivity contribution >= 4 is 11.7 Å². The Morgan fingerprint density at radius 3 is 2.50 bits per heavy atom. The van der Waals surface area contributed by atoms with Gasteiger partial charge in [-0.25, -0.2) is 5.84 Å². The number of carbonyl (C=O) groups excluding carboxylic acids is 1. The summed E-state index contributed by atoms with van der Waals surface area (Å²) in [5, 5.41) is 7.74. The van der Waals surface area contributed by atoms with Crippen LogP contribution < -0.4 is 11.3 Å². The molecule has 6 heteroatoms. The van der Waals surface area contributed by atoms with E-state index >= 15 is 0 Å². The normalized spacial score (nSPS) is 23.8. The van der Waals surface area contributed by atoms with Crippen molar-refractivity contribution in [1.29, 1.82) is 0 Å². The van der Waals surface area contributed by atoms with Crippen LogP contribution in [-0.4, -0.2) is 33.1 Å². The van der Waals surface area contributed by atoms with Crippen LogP contribution >= 0.6 is 0 Å². The number of nitrogen functional groups attached to an aromatic ring is 1. The number of hydrogen-bond donors (Lipinski definition) is 2. The Labute approximate surface area is 107 Å². The molecule has 6 nitrogen and oxygen atoms in total. The zero-order chi connectivity index (χ0) is 13.1.